The highest BCUT2D eigenvalue weighted by Gasteiger charge is 2.34. The summed E-state index contributed by atoms with van der Waals surface area (Å²) in [6.45, 7) is 2.33. The maximum atomic E-state index is 12.7. The molecule has 13 heteroatoms. The highest BCUT2D eigenvalue weighted by Crippen LogP contribution is 2.29. The van der Waals surface area contributed by atoms with E-state index in [1.54, 1.807) is 0 Å². The van der Waals surface area contributed by atoms with Crippen LogP contribution in [0.4, 0.5) is 18.9 Å². The minimum atomic E-state index is -4.53. The fourth-order valence-electron chi connectivity index (χ4n) is 3.88. The maximum Gasteiger partial charge on any atom is 0.417 e. The number of alkyl halides is 3. The zero-order valence-electron chi connectivity index (χ0n) is 16.2. The molecule has 0 bridgehead atoms. The number of halogens is 4. The standard InChI is InChI=1S/C18H19ClF3N5O3S/c19-16-14(26-6-4-25(5-7-26)13-3-8-31(29,30)11-13)10-24-27(17(16)28)15-2-1-12(9-23-15)18(20,21)22/h1-2,9-10,13H,3-8,11H2/t13-/m1/s1. The molecule has 4 heterocycles. The maximum absolute atomic E-state index is 12.7. The van der Waals surface area contributed by atoms with Crippen molar-refractivity contribution in [3.05, 3.63) is 45.5 Å². The van der Waals surface area contributed by atoms with Gasteiger partial charge < -0.3 is 4.90 Å². The van der Waals surface area contributed by atoms with Gasteiger partial charge in [-0.05, 0) is 18.6 Å². The number of hydrogen-bond donors (Lipinski definition) is 0. The van der Waals surface area contributed by atoms with E-state index in [-0.39, 0.29) is 28.4 Å². The summed E-state index contributed by atoms with van der Waals surface area (Å²) in [7, 11) is -2.96. The van der Waals surface area contributed by atoms with Crippen molar-refractivity contribution in [3.63, 3.8) is 0 Å². The Bertz CT molecular complexity index is 1130. The second-order valence-electron chi connectivity index (χ2n) is 7.54. The van der Waals surface area contributed by atoms with Gasteiger partial charge >= 0.3 is 6.18 Å². The molecule has 31 heavy (non-hydrogen) atoms. The Kier molecular flexibility index (Phi) is 5.73. The van der Waals surface area contributed by atoms with Crippen molar-refractivity contribution in [2.75, 3.05) is 42.6 Å². The van der Waals surface area contributed by atoms with Crippen molar-refractivity contribution in [3.8, 4) is 5.82 Å². The number of piperazine rings is 1. The first-order valence-corrected chi connectivity index (χ1v) is 11.8. The van der Waals surface area contributed by atoms with Crippen LogP contribution < -0.4 is 10.5 Å². The Balaban J connectivity index is 1.49. The van der Waals surface area contributed by atoms with Crippen molar-refractivity contribution in [2.24, 2.45) is 0 Å². The van der Waals surface area contributed by atoms with Gasteiger partial charge in [0.25, 0.3) is 5.56 Å². The van der Waals surface area contributed by atoms with Crippen LogP contribution >= 0.6 is 11.6 Å². The van der Waals surface area contributed by atoms with Crippen molar-refractivity contribution >= 4 is 27.1 Å². The molecule has 168 valence electrons. The lowest BCUT2D eigenvalue weighted by Gasteiger charge is -2.38. The molecule has 2 aromatic heterocycles. The Morgan fingerprint density at radius 1 is 1.10 bits per heavy atom. The Hall–Kier alpha value is -2.18. The summed E-state index contributed by atoms with van der Waals surface area (Å²) >= 11 is 6.27. The van der Waals surface area contributed by atoms with E-state index in [0.717, 1.165) is 16.8 Å². The van der Waals surface area contributed by atoms with E-state index in [1.807, 2.05) is 4.90 Å². The number of anilines is 1. The SMILES string of the molecule is O=c1c(Cl)c(N2CCN([C@@H]3CCS(=O)(=O)C3)CC2)cnn1-c1ccc(C(F)(F)F)cn1. The van der Waals surface area contributed by atoms with Crippen molar-refractivity contribution in [1.82, 2.24) is 19.7 Å². The second-order valence-corrected chi connectivity index (χ2v) is 10.2. The summed E-state index contributed by atoms with van der Waals surface area (Å²) in [5.41, 5.74) is -1.19. The monoisotopic (exact) mass is 477 g/mol. The number of nitrogens with zero attached hydrogens (tertiary/aromatic N) is 5. The molecular weight excluding hydrogens is 459 g/mol. The molecule has 4 rings (SSSR count). The molecule has 1 atom stereocenters. The molecule has 8 nitrogen and oxygen atoms in total. The number of pyridine rings is 1. The molecule has 0 amide bonds. The predicted octanol–water partition coefficient (Wildman–Crippen LogP) is 1.61. The fourth-order valence-corrected chi connectivity index (χ4v) is 5.89. The van der Waals surface area contributed by atoms with E-state index < -0.39 is 27.1 Å². The molecule has 0 saturated carbocycles. The third-order valence-corrected chi connectivity index (χ3v) is 7.68. The Labute approximate surface area is 181 Å². The molecule has 2 fully saturated rings. The molecule has 2 aliphatic rings. The second kappa shape index (κ2) is 8.06. The van der Waals surface area contributed by atoms with E-state index in [4.69, 9.17) is 11.6 Å². The third-order valence-electron chi connectivity index (χ3n) is 5.57. The van der Waals surface area contributed by atoms with Gasteiger partial charge in [0.05, 0.1) is 29.0 Å². The van der Waals surface area contributed by atoms with E-state index in [0.29, 0.717) is 44.5 Å². The lowest BCUT2D eigenvalue weighted by atomic mass is 10.2. The van der Waals surface area contributed by atoms with Gasteiger partial charge in [-0.1, -0.05) is 11.6 Å². The first-order chi connectivity index (χ1) is 14.5. The molecule has 0 spiro atoms. The molecule has 2 aliphatic heterocycles. The highest BCUT2D eigenvalue weighted by molar-refractivity contribution is 7.91. The minimum absolute atomic E-state index is 0.0134. The zero-order chi connectivity index (χ0) is 22.4. The van der Waals surface area contributed by atoms with Gasteiger partial charge in [0, 0.05) is 38.4 Å². The molecule has 2 saturated heterocycles. The molecular formula is C18H19ClF3N5O3S. The quantitative estimate of drug-likeness (QED) is 0.663. The number of hydrogen-bond acceptors (Lipinski definition) is 7. The van der Waals surface area contributed by atoms with E-state index in [9.17, 15) is 26.4 Å². The highest BCUT2D eigenvalue weighted by atomic mass is 35.5. The molecule has 0 aliphatic carbocycles. The van der Waals surface area contributed by atoms with Gasteiger partial charge in [0.2, 0.25) is 0 Å². The molecule has 0 radical (unpaired) electrons. The molecule has 2 aromatic rings. The summed E-state index contributed by atoms with van der Waals surface area (Å²) in [5, 5.41) is 3.93. The lowest BCUT2D eigenvalue weighted by Crippen LogP contribution is -2.51. The smallest absolute Gasteiger partial charge is 0.366 e. The van der Waals surface area contributed by atoms with Gasteiger partial charge in [0.1, 0.15) is 5.02 Å². The summed E-state index contributed by atoms with van der Waals surface area (Å²) in [4.78, 5) is 20.4. The summed E-state index contributed by atoms with van der Waals surface area (Å²) < 4.78 is 62.4. The van der Waals surface area contributed by atoms with Gasteiger partial charge in [0.15, 0.2) is 15.7 Å². The average molecular weight is 478 g/mol. The zero-order valence-corrected chi connectivity index (χ0v) is 17.8. The van der Waals surface area contributed by atoms with Crippen LogP contribution in [-0.2, 0) is 16.0 Å². The van der Waals surface area contributed by atoms with Crippen LogP contribution in [0.1, 0.15) is 12.0 Å². The molecule has 0 aromatic carbocycles. The summed E-state index contributed by atoms with van der Waals surface area (Å²) in [5.74, 6) is 0.314. The summed E-state index contributed by atoms with van der Waals surface area (Å²) in [6, 6.07) is 1.89. The minimum Gasteiger partial charge on any atom is -0.366 e. The van der Waals surface area contributed by atoms with Gasteiger partial charge in [-0.3, -0.25) is 9.69 Å². The first kappa shape index (κ1) is 22.0. The van der Waals surface area contributed by atoms with Gasteiger partial charge in [-0.2, -0.15) is 23.0 Å². The van der Waals surface area contributed by atoms with Crippen LogP contribution in [-0.4, -0.2) is 71.8 Å². The normalized spacial score (nSPS) is 22.1. The first-order valence-electron chi connectivity index (χ1n) is 9.56. The summed E-state index contributed by atoms with van der Waals surface area (Å²) in [6.07, 6.45) is -1.89. The third kappa shape index (κ3) is 4.55. The van der Waals surface area contributed by atoms with Crippen LogP contribution in [0.2, 0.25) is 5.02 Å². The van der Waals surface area contributed by atoms with Crippen LogP contribution in [0.25, 0.3) is 5.82 Å². The van der Waals surface area contributed by atoms with Gasteiger partial charge in [-0.25, -0.2) is 13.4 Å². The van der Waals surface area contributed by atoms with Crippen molar-refractivity contribution < 1.29 is 21.6 Å². The number of aromatic nitrogens is 3. The van der Waals surface area contributed by atoms with E-state index >= 15 is 0 Å². The van der Waals surface area contributed by atoms with Crippen LogP contribution in [0, 0.1) is 0 Å². The lowest BCUT2D eigenvalue weighted by molar-refractivity contribution is -0.137. The van der Waals surface area contributed by atoms with Gasteiger partial charge in [-0.15, -0.1) is 0 Å². The fraction of sp³-hybridized carbons (Fsp3) is 0.500. The Morgan fingerprint density at radius 2 is 1.81 bits per heavy atom. The number of rotatable bonds is 3. The predicted molar refractivity (Wildman–Crippen MR) is 108 cm³/mol. The van der Waals surface area contributed by atoms with Crippen LogP contribution in [0.15, 0.2) is 29.3 Å². The average Bonchev–Trinajstić information content (AvgIpc) is 3.09. The van der Waals surface area contributed by atoms with Crippen molar-refractivity contribution in [2.45, 2.75) is 18.6 Å². The molecule has 0 unspecified atom stereocenters. The number of sulfone groups is 1. The largest absolute Gasteiger partial charge is 0.417 e. The van der Waals surface area contributed by atoms with Crippen LogP contribution in [0.3, 0.4) is 0 Å². The molecule has 0 N–H and O–H groups in total. The topological polar surface area (TPSA) is 88.4 Å². The Morgan fingerprint density at radius 3 is 2.35 bits per heavy atom. The van der Waals surface area contributed by atoms with E-state index in [1.165, 1.54) is 6.20 Å². The van der Waals surface area contributed by atoms with Crippen LogP contribution in [0.5, 0.6) is 0 Å². The van der Waals surface area contributed by atoms with Crippen molar-refractivity contribution in [1.29, 1.82) is 0 Å². The van der Waals surface area contributed by atoms with E-state index in [2.05, 4.69) is 15.0 Å².